The number of urea groups is 1. The number of carbonyl (C=O) groups excluding carboxylic acids is 1. The molecule has 0 atom stereocenters. The number of nitrogens with zero attached hydrogens (tertiary/aromatic N) is 1. The van der Waals surface area contributed by atoms with Gasteiger partial charge >= 0.3 is 6.03 Å². The van der Waals surface area contributed by atoms with Gasteiger partial charge in [0, 0.05) is 11.1 Å². The van der Waals surface area contributed by atoms with E-state index in [1.807, 2.05) is 13.8 Å². The first-order valence-corrected chi connectivity index (χ1v) is 5.96. The molecule has 0 unspecified atom stereocenters. The third-order valence-electron chi connectivity index (χ3n) is 2.44. The molecule has 0 aromatic heterocycles. The lowest BCUT2D eigenvalue weighted by Gasteiger charge is -2.30. The molecule has 5 heteroatoms. The SMILES string of the molecule is CC(C)NC(=O)N1CCOc2ccc(Cl)cc21. The first-order chi connectivity index (χ1) is 8.08. The lowest BCUT2D eigenvalue weighted by Crippen LogP contribution is -2.46. The molecule has 1 aromatic carbocycles. The Labute approximate surface area is 106 Å². The van der Waals surface area contributed by atoms with Crippen LogP contribution in [0.15, 0.2) is 18.2 Å². The van der Waals surface area contributed by atoms with Crippen molar-refractivity contribution in [3.8, 4) is 5.75 Å². The van der Waals surface area contributed by atoms with Crippen molar-refractivity contribution in [3.63, 3.8) is 0 Å². The summed E-state index contributed by atoms with van der Waals surface area (Å²) in [6.45, 7) is 4.89. The summed E-state index contributed by atoms with van der Waals surface area (Å²) in [6, 6.07) is 5.27. The summed E-state index contributed by atoms with van der Waals surface area (Å²) in [5, 5.41) is 3.46. The molecule has 2 amide bonds. The zero-order valence-electron chi connectivity index (χ0n) is 9.87. The van der Waals surface area contributed by atoms with Crippen LogP contribution in [0, 0.1) is 0 Å². The Hall–Kier alpha value is -1.42. The number of benzene rings is 1. The standard InChI is InChI=1S/C12H15ClN2O2/c1-8(2)14-12(16)15-5-6-17-11-4-3-9(13)7-10(11)15/h3-4,7-8H,5-6H2,1-2H3,(H,14,16). The van der Waals surface area contributed by atoms with Crippen molar-refractivity contribution in [3.05, 3.63) is 23.2 Å². The molecule has 0 fully saturated rings. The van der Waals surface area contributed by atoms with E-state index >= 15 is 0 Å². The molecule has 0 radical (unpaired) electrons. The van der Waals surface area contributed by atoms with Gasteiger partial charge in [0.15, 0.2) is 0 Å². The van der Waals surface area contributed by atoms with Crippen LogP contribution >= 0.6 is 11.6 Å². The van der Waals surface area contributed by atoms with Crippen LogP contribution in [0.3, 0.4) is 0 Å². The van der Waals surface area contributed by atoms with Gasteiger partial charge in [-0.15, -0.1) is 0 Å². The summed E-state index contributed by atoms with van der Waals surface area (Å²) in [5.41, 5.74) is 0.724. The Kier molecular flexibility index (Phi) is 3.43. The quantitative estimate of drug-likeness (QED) is 0.837. The summed E-state index contributed by atoms with van der Waals surface area (Å²) in [7, 11) is 0. The van der Waals surface area contributed by atoms with Crippen LogP contribution in [0.2, 0.25) is 5.02 Å². The second kappa shape index (κ2) is 4.84. The molecule has 0 aliphatic carbocycles. The lowest BCUT2D eigenvalue weighted by molar-refractivity contribution is 0.238. The molecule has 1 aliphatic heterocycles. The van der Waals surface area contributed by atoms with E-state index in [0.29, 0.717) is 23.9 Å². The van der Waals surface area contributed by atoms with E-state index in [0.717, 1.165) is 5.69 Å². The Morgan fingerprint density at radius 2 is 2.29 bits per heavy atom. The minimum atomic E-state index is -0.119. The highest BCUT2D eigenvalue weighted by molar-refractivity contribution is 6.31. The molecule has 92 valence electrons. The van der Waals surface area contributed by atoms with Crippen molar-refractivity contribution < 1.29 is 9.53 Å². The maximum Gasteiger partial charge on any atom is 0.322 e. The van der Waals surface area contributed by atoms with Crippen LogP contribution in [-0.4, -0.2) is 25.2 Å². The van der Waals surface area contributed by atoms with Crippen LogP contribution < -0.4 is 15.0 Å². The Morgan fingerprint density at radius 1 is 1.53 bits per heavy atom. The maximum absolute atomic E-state index is 12.0. The molecule has 1 heterocycles. The normalized spacial score (nSPS) is 14.2. The highest BCUT2D eigenvalue weighted by Crippen LogP contribution is 2.33. The molecule has 0 bridgehead atoms. The summed E-state index contributed by atoms with van der Waals surface area (Å²) in [6.07, 6.45) is 0. The summed E-state index contributed by atoms with van der Waals surface area (Å²) in [5.74, 6) is 0.694. The van der Waals surface area contributed by atoms with Crippen LogP contribution in [0.25, 0.3) is 0 Å². The van der Waals surface area contributed by atoms with E-state index in [2.05, 4.69) is 5.32 Å². The minimum Gasteiger partial charge on any atom is -0.490 e. The number of anilines is 1. The molecule has 0 saturated carbocycles. The number of rotatable bonds is 1. The molecular weight excluding hydrogens is 240 g/mol. The van der Waals surface area contributed by atoms with E-state index in [1.54, 1.807) is 23.1 Å². The number of hydrogen-bond donors (Lipinski definition) is 1. The van der Waals surface area contributed by atoms with E-state index in [-0.39, 0.29) is 12.1 Å². The van der Waals surface area contributed by atoms with Crippen LogP contribution in [0.5, 0.6) is 5.75 Å². The number of fused-ring (bicyclic) bond motifs is 1. The van der Waals surface area contributed by atoms with Gasteiger partial charge in [-0.05, 0) is 32.0 Å². The molecule has 1 N–H and O–H groups in total. The van der Waals surface area contributed by atoms with Gasteiger partial charge in [0.1, 0.15) is 12.4 Å². The number of nitrogens with one attached hydrogen (secondary N) is 1. The van der Waals surface area contributed by atoms with E-state index in [1.165, 1.54) is 0 Å². The highest BCUT2D eigenvalue weighted by Gasteiger charge is 2.24. The predicted octanol–water partition coefficient (Wildman–Crippen LogP) is 2.66. The van der Waals surface area contributed by atoms with Crippen molar-refractivity contribution in [2.24, 2.45) is 0 Å². The van der Waals surface area contributed by atoms with Gasteiger partial charge in [0.2, 0.25) is 0 Å². The second-order valence-electron chi connectivity index (χ2n) is 4.22. The zero-order valence-corrected chi connectivity index (χ0v) is 10.6. The topological polar surface area (TPSA) is 41.6 Å². The van der Waals surface area contributed by atoms with E-state index in [9.17, 15) is 4.79 Å². The fourth-order valence-electron chi connectivity index (χ4n) is 1.73. The number of halogens is 1. The van der Waals surface area contributed by atoms with E-state index < -0.39 is 0 Å². The number of ether oxygens (including phenoxy) is 1. The zero-order chi connectivity index (χ0) is 12.4. The molecule has 0 spiro atoms. The van der Waals surface area contributed by atoms with Crippen LogP contribution in [0.4, 0.5) is 10.5 Å². The average Bonchev–Trinajstić information content (AvgIpc) is 2.27. The predicted molar refractivity (Wildman–Crippen MR) is 68.0 cm³/mol. The fourth-order valence-corrected chi connectivity index (χ4v) is 1.89. The van der Waals surface area contributed by atoms with E-state index in [4.69, 9.17) is 16.3 Å². The average molecular weight is 255 g/mol. The summed E-state index contributed by atoms with van der Waals surface area (Å²) in [4.78, 5) is 13.7. The largest absolute Gasteiger partial charge is 0.490 e. The van der Waals surface area contributed by atoms with Gasteiger partial charge in [-0.1, -0.05) is 11.6 Å². The second-order valence-corrected chi connectivity index (χ2v) is 4.65. The fraction of sp³-hybridized carbons (Fsp3) is 0.417. The van der Waals surface area contributed by atoms with Crippen molar-refractivity contribution in [2.45, 2.75) is 19.9 Å². The number of hydrogen-bond acceptors (Lipinski definition) is 2. The maximum atomic E-state index is 12.0. The van der Waals surface area contributed by atoms with Gasteiger partial charge in [-0.3, -0.25) is 4.90 Å². The van der Waals surface area contributed by atoms with Gasteiger partial charge < -0.3 is 10.1 Å². The van der Waals surface area contributed by atoms with Gasteiger partial charge in [-0.25, -0.2) is 4.79 Å². The Bertz CT molecular complexity index is 435. The van der Waals surface area contributed by atoms with Crippen molar-refractivity contribution in [1.82, 2.24) is 5.32 Å². The first kappa shape index (κ1) is 12.0. The number of carbonyl (C=O) groups is 1. The summed E-state index contributed by atoms with van der Waals surface area (Å²) >= 11 is 5.94. The third-order valence-corrected chi connectivity index (χ3v) is 2.68. The molecule has 1 aliphatic rings. The van der Waals surface area contributed by atoms with Crippen molar-refractivity contribution in [2.75, 3.05) is 18.1 Å². The highest BCUT2D eigenvalue weighted by atomic mass is 35.5. The molecule has 2 rings (SSSR count). The first-order valence-electron chi connectivity index (χ1n) is 5.58. The molecule has 1 aromatic rings. The van der Waals surface area contributed by atoms with Crippen LogP contribution in [-0.2, 0) is 0 Å². The molecule has 4 nitrogen and oxygen atoms in total. The molecule has 17 heavy (non-hydrogen) atoms. The lowest BCUT2D eigenvalue weighted by atomic mass is 10.2. The Balaban J connectivity index is 2.27. The molecule has 0 saturated heterocycles. The van der Waals surface area contributed by atoms with Crippen LogP contribution in [0.1, 0.15) is 13.8 Å². The smallest absolute Gasteiger partial charge is 0.322 e. The molecular formula is C12H15ClN2O2. The number of amides is 2. The van der Waals surface area contributed by atoms with Gasteiger partial charge in [0.05, 0.1) is 12.2 Å². The van der Waals surface area contributed by atoms with Crippen molar-refractivity contribution in [1.29, 1.82) is 0 Å². The summed E-state index contributed by atoms with van der Waals surface area (Å²) < 4.78 is 5.48. The Morgan fingerprint density at radius 3 is 3.00 bits per heavy atom. The van der Waals surface area contributed by atoms with Gasteiger partial charge in [0.25, 0.3) is 0 Å². The third kappa shape index (κ3) is 2.64. The minimum absolute atomic E-state index is 0.105. The van der Waals surface area contributed by atoms with Gasteiger partial charge in [-0.2, -0.15) is 0 Å². The monoisotopic (exact) mass is 254 g/mol. The van der Waals surface area contributed by atoms with Crippen molar-refractivity contribution >= 4 is 23.3 Å².